The zero-order valence-corrected chi connectivity index (χ0v) is 11.5. The molecule has 0 aliphatic carbocycles. The van der Waals surface area contributed by atoms with Crippen LogP contribution in [0, 0.1) is 5.82 Å². The first-order valence-corrected chi connectivity index (χ1v) is 6.59. The van der Waals surface area contributed by atoms with Crippen LogP contribution in [0.4, 0.5) is 4.39 Å². The molecule has 4 nitrogen and oxygen atoms in total. The van der Waals surface area contributed by atoms with Gasteiger partial charge in [0.2, 0.25) is 12.1 Å². The number of carbonyl (C=O) groups excluding carboxylic acids is 1. The molecule has 21 heavy (non-hydrogen) atoms. The summed E-state index contributed by atoms with van der Waals surface area (Å²) >= 11 is 0. The Morgan fingerprint density at radius 1 is 1.24 bits per heavy atom. The number of rotatable bonds is 5. The zero-order chi connectivity index (χ0) is 15.2. The second-order valence-electron chi connectivity index (χ2n) is 4.43. The molecule has 0 fully saturated rings. The monoisotopic (exact) mass is 289 g/mol. The van der Waals surface area contributed by atoms with Crippen molar-refractivity contribution in [2.45, 2.75) is 19.6 Å². The standard InChI is InChI=1S/C16H16FNO3/c1-2-15(20)18-16(13-5-3-4-6-14(13)17)21-12-9-7-11(19)8-10-12/h3-10,16,19H,2H2,1H3,(H,18,20). The van der Waals surface area contributed by atoms with Crippen molar-refractivity contribution in [3.63, 3.8) is 0 Å². The van der Waals surface area contributed by atoms with E-state index in [0.29, 0.717) is 5.75 Å². The Morgan fingerprint density at radius 2 is 1.90 bits per heavy atom. The molecule has 0 saturated carbocycles. The lowest BCUT2D eigenvalue weighted by molar-refractivity contribution is -0.123. The molecular formula is C16H16FNO3. The SMILES string of the molecule is CCC(=O)NC(Oc1ccc(O)cc1)c1ccccc1F. The number of aromatic hydroxyl groups is 1. The van der Waals surface area contributed by atoms with Gasteiger partial charge in [0.05, 0.1) is 0 Å². The highest BCUT2D eigenvalue weighted by atomic mass is 19.1. The normalized spacial score (nSPS) is 11.7. The number of hydrogen-bond donors (Lipinski definition) is 2. The summed E-state index contributed by atoms with van der Waals surface area (Å²) in [4.78, 5) is 11.6. The van der Waals surface area contributed by atoms with Crippen molar-refractivity contribution >= 4 is 5.91 Å². The molecule has 2 aromatic rings. The van der Waals surface area contributed by atoms with Gasteiger partial charge in [-0.15, -0.1) is 0 Å². The molecule has 1 amide bonds. The number of phenols is 1. The molecule has 0 aromatic heterocycles. The van der Waals surface area contributed by atoms with E-state index in [9.17, 15) is 14.3 Å². The average Bonchev–Trinajstić information content (AvgIpc) is 2.49. The van der Waals surface area contributed by atoms with E-state index in [4.69, 9.17) is 4.74 Å². The number of ether oxygens (including phenoxy) is 1. The molecule has 0 heterocycles. The van der Waals surface area contributed by atoms with E-state index in [0.717, 1.165) is 0 Å². The third kappa shape index (κ3) is 3.95. The van der Waals surface area contributed by atoms with E-state index in [-0.39, 0.29) is 23.6 Å². The van der Waals surface area contributed by atoms with Gasteiger partial charge < -0.3 is 15.2 Å². The van der Waals surface area contributed by atoms with Crippen LogP contribution < -0.4 is 10.1 Å². The van der Waals surface area contributed by atoms with Gasteiger partial charge in [0.15, 0.2) is 0 Å². The second kappa shape index (κ2) is 6.74. The summed E-state index contributed by atoms with van der Waals surface area (Å²) in [7, 11) is 0. The van der Waals surface area contributed by atoms with Crippen LogP contribution in [0.25, 0.3) is 0 Å². The molecule has 2 rings (SSSR count). The molecule has 2 aromatic carbocycles. The summed E-state index contributed by atoms with van der Waals surface area (Å²) in [6.45, 7) is 1.70. The molecule has 5 heteroatoms. The third-order valence-electron chi connectivity index (χ3n) is 2.89. The molecule has 0 radical (unpaired) electrons. The highest BCUT2D eigenvalue weighted by molar-refractivity contribution is 5.75. The molecule has 0 bridgehead atoms. The summed E-state index contributed by atoms with van der Waals surface area (Å²) in [6.07, 6.45) is -0.660. The van der Waals surface area contributed by atoms with Gasteiger partial charge in [-0.1, -0.05) is 25.1 Å². The number of benzene rings is 2. The Balaban J connectivity index is 2.25. The van der Waals surface area contributed by atoms with Crippen LogP contribution in [0.1, 0.15) is 25.1 Å². The first kappa shape index (κ1) is 14.8. The zero-order valence-electron chi connectivity index (χ0n) is 11.5. The van der Waals surface area contributed by atoms with Crippen molar-refractivity contribution in [2.24, 2.45) is 0 Å². The average molecular weight is 289 g/mol. The van der Waals surface area contributed by atoms with Crippen LogP contribution in [0.15, 0.2) is 48.5 Å². The number of carbonyl (C=O) groups is 1. The number of phenolic OH excluding ortho intramolecular Hbond substituents is 1. The van der Waals surface area contributed by atoms with Crippen molar-refractivity contribution in [2.75, 3.05) is 0 Å². The Kier molecular flexibility index (Phi) is 4.77. The fourth-order valence-electron chi connectivity index (χ4n) is 1.77. The van der Waals surface area contributed by atoms with E-state index in [1.807, 2.05) is 0 Å². The summed E-state index contributed by atoms with van der Waals surface area (Å²) < 4.78 is 19.5. The van der Waals surface area contributed by atoms with Crippen LogP contribution >= 0.6 is 0 Å². The minimum atomic E-state index is -0.928. The lowest BCUT2D eigenvalue weighted by atomic mass is 10.1. The van der Waals surface area contributed by atoms with Crippen molar-refractivity contribution in [1.29, 1.82) is 0 Å². The van der Waals surface area contributed by atoms with Crippen molar-refractivity contribution < 1.29 is 19.0 Å². The van der Waals surface area contributed by atoms with Gasteiger partial charge in [-0.2, -0.15) is 0 Å². The van der Waals surface area contributed by atoms with Gasteiger partial charge in [0.25, 0.3) is 0 Å². The van der Waals surface area contributed by atoms with Gasteiger partial charge in [-0.05, 0) is 30.3 Å². The maximum absolute atomic E-state index is 13.9. The van der Waals surface area contributed by atoms with E-state index in [2.05, 4.69) is 5.32 Å². The Hall–Kier alpha value is -2.56. The van der Waals surface area contributed by atoms with Gasteiger partial charge in [-0.25, -0.2) is 4.39 Å². The first-order valence-electron chi connectivity index (χ1n) is 6.59. The third-order valence-corrected chi connectivity index (χ3v) is 2.89. The molecule has 0 spiro atoms. The van der Waals surface area contributed by atoms with Gasteiger partial charge in [-0.3, -0.25) is 4.79 Å². The van der Waals surface area contributed by atoms with E-state index < -0.39 is 12.0 Å². The molecule has 0 saturated heterocycles. The molecular weight excluding hydrogens is 273 g/mol. The van der Waals surface area contributed by atoms with Crippen LogP contribution in [0.5, 0.6) is 11.5 Å². The fraction of sp³-hybridized carbons (Fsp3) is 0.188. The molecule has 0 aliphatic heterocycles. The molecule has 1 atom stereocenters. The van der Waals surface area contributed by atoms with Crippen LogP contribution in [-0.4, -0.2) is 11.0 Å². The summed E-state index contributed by atoms with van der Waals surface area (Å²) in [5.41, 5.74) is 0.243. The quantitative estimate of drug-likeness (QED) is 0.831. The van der Waals surface area contributed by atoms with E-state index in [1.165, 1.54) is 18.2 Å². The largest absolute Gasteiger partial charge is 0.508 e. The molecule has 1 unspecified atom stereocenters. The van der Waals surface area contributed by atoms with Gasteiger partial charge >= 0.3 is 0 Å². The smallest absolute Gasteiger partial charge is 0.222 e. The van der Waals surface area contributed by atoms with Crippen LogP contribution in [0.2, 0.25) is 0 Å². The Morgan fingerprint density at radius 3 is 2.52 bits per heavy atom. The maximum atomic E-state index is 13.9. The highest BCUT2D eigenvalue weighted by Crippen LogP contribution is 2.24. The molecule has 110 valence electrons. The van der Waals surface area contributed by atoms with Crippen LogP contribution in [0.3, 0.4) is 0 Å². The van der Waals surface area contributed by atoms with Crippen molar-refractivity contribution in [1.82, 2.24) is 5.32 Å². The highest BCUT2D eigenvalue weighted by Gasteiger charge is 2.19. The van der Waals surface area contributed by atoms with E-state index in [1.54, 1.807) is 37.3 Å². The molecule has 0 aliphatic rings. The second-order valence-corrected chi connectivity index (χ2v) is 4.43. The van der Waals surface area contributed by atoms with E-state index >= 15 is 0 Å². The minimum Gasteiger partial charge on any atom is -0.508 e. The lowest BCUT2D eigenvalue weighted by Gasteiger charge is -2.21. The first-order chi connectivity index (χ1) is 10.1. The predicted molar refractivity (Wildman–Crippen MR) is 76.3 cm³/mol. The number of amides is 1. The predicted octanol–water partition coefficient (Wildman–Crippen LogP) is 3.14. The Labute approximate surface area is 122 Å². The van der Waals surface area contributed by atoms with Gasteiger partial charge in [0.1, 0.15) is 17.3 Å². The Bertz CT molecular complexity index is 613. The number of hydrogen-bond acceptors (Lipinski definition) is 3. The minimum absolute atomic E-state index is 0.0994. The lowest BCUT2D eigenvalue weighted by Crippen LogP contribution is -2.32. The van der Waals surface area contributed by atoms with Crippen LogP contribution in [-0.2, 0) is 4.79 Å². The van der Waals surface area contributed by atoms with Gasteiger partial charge in [0, 0.05) is 12.0 Å². The molecule has 2 N–H and O–H groups in total. The summed E-state index contributed by atoms with van der Waals surface area (Å²) in [5.74, 6) is -0.195. The number of nitrogens with one attached hydrogen (secondary N) is 1. The summed E-state index contributed by atoms with van der Waals surface area (Å²) in [6, 6.07) is 12.1. The summed E-state index contributed by atoms with van der Waals surface area (Å²) in [5, 5.41) is 11.9. The fourth-order valence-corrected chi connectivity index (χ4v) is 1.77. The maximum Gasteiger partial charge on any atom is 0.222 e. The topological polar surface area (TPSA) is 58.6 Å². The van der Waals surface area contributed by atoms with Crippen molar-refractivity contribution in [3.8, 4) is 11.5 Å². The number of halogens is 1. The van der Waals surface area contributed by atoms with Crippen molar-refractivity contribution in [3.05, 3.63) is 59.9 Å².